The Labute approximate surface area is 232 Å². The van der Waals surface area contributed by atoms with Crippen LogP contribution in [0.5, 0.6) is 0 Å². The van der Waals surface area contributed by atoms with E-state index in [1.165, 1.54) is 34.4 Å². The third kappa shape index (κ3) is 7.48. The molecule has 0 spiro atoms. The standard InChI is InChI=1S/C30H34N2O4S2/c1-3-36-30(35)27-24-16-9-4-5-10-17-25(24)38-29(27)32-28(34)20(2)37-23-15-11-14-22(19-23)31-26(33)18-21-12-7-6-8-13-21/h6-8,11-15,19-20H,3-5,9-10,16-18H2,1-2H3,(H,31,33)(H,32,34). The van der Waals surface area contributed by atoms with Gasteiger partial charge in [0.05, 0.1) is 23.8 Å². The molecule has 2 amide bonds. The maximum absolute atomic E-state index is 13.2. The van der Waals surface area contributed by atoms with E-state index in [2.05, 4.69) is 10.6 Å². The maximum Gasteiger partial charge on any atom is 0.341 e. The first kappa shape index (κ1) is 27.9. The monoisotopic (exact) mass is 550 g/mol. The average Bonchev–Trinajstić information content (AvgIpc) is 3.20. The number of hydrogen-bond acceptors (Lipinski definition) is 6. The van der Waals surface area contributed by atoms with Crippen molar-refractivity contribution in [2.24, 2.45) is 0 Å². The molecule has 0 aliphatic heterocycles. The fraction of sp³-hybridized carbons (Fsp3) is 0.367. The molecule has 6 nitrogen and oxygen atoms in total. The lowest BCUT2D eigenvalue weighted by atomic mass is 9.96. The lowest BCUT2D eigenvalue weighted by Crippen LogP contribution is -2.23. The predicted molar refractivity (Wildman–Crippen MR) is 155 cm³/mol. The van der Waals surface area contributed by atoms with Crippen molar-refractivity contribution >= 4 is 51.6 Å². The molecule has 0 fully saturated rings. The quantitative estimate of drug-likeness (QED) is 0.224. The molecule has 3 aromatic rings. The van der Waals surface area contributed by atoms with Gasteiger partial charge in [-0.3, -0.25) is 9.59 Å². The summed E-state index contributed by atoms with van der Waals surface area (Å²) in [5, 5.41) is 6.15. The third-order valence-corrected chi connectivity index (χ3v) is 8.70. The molecule has 1 aliphatic rings. The van der Waals surface area contributed by atoms with Crippen molar-refractivity contribution in [2.45, 2.75) is 68.9 Å². The second-order valence-corrected chi connectivity index (χ2v) is 11.8. The van der Waals surface area contributed by atoms with E-state index in [9.17, 15) is 14.4 Å². The summed E-state index contributed by atoms with van der Waals surface area (Å²) in [5.74, 6) is -0.627. The molecular formula is C30H34N2O4S2. The Balaban J connectivity index is 1.42. The number of thioether (sulfide) groups is 1. The Morgan fingerprint density at radius 1 is 0.974 bits per heavy atom. The Bertz CT molecular complexity index is 1270. The van der Waals surface area contributed by atoms with Gasteiger partial charge in [0.2, 0.25) is 11.8 Å². The highest BCUT2D eigenvalue weighted by atomic mass is 32.2. The first-order chi connectivity index (χ1) is 18.4. The summed E-state index contributed by atoms with van der Waals surface area (Å²) in [7, 11) is 0. The Morgan fingerprint density at radius 2 is 1.74 bits per heavy atom. The lowest BCUT2D eigenvalue weighted by molar-refractivity contribution is -0.116. The minimum Gasteiger partial charge on any atom is -0.462 e. The van der Waals surface area contributed by atoms with E-state index in [-0.39, 0.29) is 17.8 Å². The number of esters is 1. The average molecular weight is 551 g/mol. The number of carbonyl (C=O) groups is 3. The number of ether oxygens (including phenoxy) is 1. The van der Waals surface area contributed by atoms with Crippen molar-refractivity contribution < 1.29 is 19.1 Å². The van der Waals surface area contributed by atoms with Crippen molar-refractivity contribution in [1.82, 2.24) is 0 Å². The Hall–Kier alpha value is -3.10. The van der Waals surface area contributed by atoms with Gasteiger partial charge in [0.1, 0.15) is 5.00 Å². The molecule has 200 valence electrons. The number of hydrogen-bond donors (Lipinski definition) is 2. The van der Waals surface area contributed by atoms with Gasteiger partial charge in [0, 0.05) is 15.5 Å². The van der Waals surface area contributed by atoms with Gasteiger partial charge in [-0.2, -0.15) is 0 Å². The molecular weight excluding hydrogens is 516 g/mol. The molecule has 1 aliphatic carbocycles. The highest BCUT2D eigenvalue weighted by Crippen LogP contribution is 2.38. The molecule has 1 heterocycles. The molecule has 1 unspecified atom stereocenters. The van der Waals surface area contributed by atoms with Gasteiger partial charge in [-0.15, -0.1) is 23.1 Å². The molecule has 2 aromatic carbocycles. The molecule has 0 radical (unpaired) electrons. The number of benzene rings is 2. The smallest absolute Gasteiger partial charge is 0.341 e. The fourth-order valence-corrected chi connectivity index (χ4v) is 6.74. The van der Waals surface area contributed by atoms with Gasteiger partial charge in [-0.05, 0) is 68.9 Å². The largest absolute Gasteiger partial charge is 0.462 e. The summed E-state index contributed by atoms with van der Waals surface area (Å²) in [6.07, 6.45) is 6.52. The van der Waals surface area contributed by atoms with E-state index >= 15 is 0 Å². The van der Waals surface area contributed by atoms with E-state index in [0.717, 1.165) is 48.1 Å². The molecule has 1 aromatic heterocycles. The highest BCUT2D eigenvalue weighted by molar-refractivity contribution is 8.00. The zero-order chi connectivity index (χ0) is 26.9. The topological polar surface area (TPSA) is 84.5 Å². The molecule has 0 saturated carbocycles. The third-order valence-electron chi connectivity index (χ3n) is 6.39. The number of aryl methyl sites for hydroxylation is 1. The van der Waals surface area contributed by atoms with Crippen molar-refractivity contribution in [3.05, 3.63) is 76.2 Å². The Kier molecular flexibility index (Phi) is 10.0. The molecule has 0 bridgehead atoms. The van der Waals surface area contributed by atoms with Crippen LogP contribution in [0.15, 0.2) is 59.5 Å². The van der Waals surface area contributed by atoms with Crippen molar-refractivity contribution in [3.8, 4) is 0 Å². The number of nitrogens with one attached hydrogen (secondary N) is 2. The number of fused-ring (bicyclic) bond motifs is 1. The molecule has 4 rings (SSSR count). The van der Waals surface area contributed by atoms with Crippen LogP contribution in [0.2, 0.25) is 0 Å². The predicted octanol–water partition coefficient (Wildman–Crippen LogP) is 6.88. The summed E-state index contributed by atoms with van der Waals surface area (Å²) >= 11 is 2.92. The minimum atomic E-state index is -0.412. The van der Waals surface area contributed by atoms with Crippen LogP contribution in [0.1, 0.15) is 65.9 Å². The van der Waals surface area contributed by atoms with Crippen LogP contribution < -0.4 is 10.6 Å². The highest BCUT2D eigenvalue weighted by Gasteiger charge is 2.27. The second-order valence-electron chi connectivity index (χ2n) is 9.33. The van der Waals surface area contributed by atoms with Gasteiger partial charge < -0.3 is 15.4 Å². The zero-order valence-electron chi connectivity index (χ0n) is 21.9. The fourth-order valence-electron chi connectivity index (χ4n) is 4.53. The molecule has 2 N–H and O–H groups in total. The van der Waals surface area contributed by atoms with Gasteiger partial charge in [0.15, 0.2) is 0 Å². The van der Waals surface area contributed by atoms with Crippen LogP contribution in [0.3, 0.4) is 0 Å². The van der Waals surface area contributed by atoms with Gasteiger partial charge in [-0.1, -0.05) is 49.2 Å². The van der Waals surface area contributed by atoms with Crippen molar-refractivity contribution in [3.63, 3.8) is 0 Å². The van der Waals surface area contributed by atoms with E-state index in [1.54, 1.807) is 6.92 Å². The normalized spacial score (nSPS) is 13.9. The number of anilines is 2. The summed E-state index contributed by atoms with van der Waals surface area (Å²) < 4.78 is 5.36. The van der Waals surface area contributed by atoms with Gasteiger partial charge in [-0.25, -0.2) is 4.79 Å². The summed E-state index contributed by atoms with van der Waals surface area (Å²) in [6.45, 7) is 3.93. The lowest BCUT2D eigenvalue weighted by Gasteiger charge is -2.14. The van der Waals surface area contributed by atoms with Crippen LogP contribution in [0, 0.1) is 0 Å². The Morgan fingerprint density at radius 3 is 2.50 bits per heavy atom. The van der Waals surface area contributed by atoms with Crippen molar-refractivity contribution in [1.29, 1.82) is 0 Å². The van der Waals surface area contributed by atoms with Gasteiger partial charge >= 0.3 is 5.97 Å². The molecule has 1 atom stereocenters. The second kappa shape index (κ2) is 13.6. The molecule has 38 heavy (non-hydrogen) atoms. The van der Waals surface area contributed by atoms with E-state index < -0.39 is 5.25 Å². The SMILES string of the molecule is CCOC(=O)c1c(NC(=O)C(C)Sc2cccc(NC(=O)Cc3ccccc3)c2)sc2c1CCCCCC2. The maximum atomic E-state index is 13.2. The molecule has 0 saturated heterocycles. The van der Waals surface area contributed by atoms with Crippen LogP contribution in [0.4, 0.5) is 10.7 Å². The summed E-state index contributed by atoms with van der Waals surface area (Å²) in [5.41, 5.74) is 3.21. The zero-order valence-corrected chi connectivity index (χ0v) is 23.5. The number of rotatable bonds is 9. The summed E-state index contributed by atoms with van der Waals surface area (Å²) in [6, 6.07) is 17.1. The van der Waals surface area contributed by atoms with E-state index in [4.69, 9.17) is 4.74 Å². The van der Waals surface area contributed by atoms with E-state index in [0.29, 0.717) is 29.3 Å². The minimum absolute atomic E-state index is 0.0936. The molecule has 8 heteroatoms. The van der Waals surface area contributed by atoms with Crippen LogP contribution in [-0.2, 0) is 33.6 Å². The van der Waals surface area contributed by atoms with Gasteiger partial charge in [0.25, 0.3) is 0 Å². The number of thiophene rings is 1. The summed E-state index contributed by atoms with van der Waals surface area (Å²) in [4.78, 5) is 40.6. The first-order valence-electron chi connectivity index (χ1n) is 13.2. The number of carbonyl (C=O) groups excluding carboxylic acids is 3. The van der Waals surface area contributed by atoms with E-state index in [1.807, 2.05) is 61.5 Å². The van der Waals surface area contributed by atoms with Crippen LogP contribution >= 0.6 is 23.1 Å². The number of amides is 2. The van der Waals surface area contributed by atoms with Crippen molar-refractivity contribution in [2.75, 3.05) is 17.2 Å². The first-order valence-corrected chi connectivity index (χ1v) is 14.9. The van der Waals surface area contributed by atoms with Crippen LogP contribution in [0.25, 0.3) is 0 Å². The van der Waals surface area contributed by atoms with Crippen LogP contribution in [-0.4, -0.2) is 29.6 Å².